The molecule has 0 spiro atoms. The Morgan fingerprint density at radius 3 is 2.76 bits per heavy atom. The molecule has 102 valence electrons. The number of rotatable bonds is 5. The van der Waals surface area contributed by atoms with Crippen LogP contribution in [0.3, 0.4) is 0 Å². The van der Waals surface area contributed by atoms with E-state index in [0.29, 0.717) is 13.2 Å². The zero-order valence-electron chi connectivity index (χ0n) is 11.1. The van der Waals surface area contributed by atoms with Crippen molar-refractivity contribution in [1.29, 1.82) is 0 Å². The van der Waals surface area contributed by atoms with E-state index in [9.17, 15) is 5.11 Å². The first-order valence-electron chi connectivity index (χ1n) is 6.29. The molecule has 1 unspecified atom stereocenters. The second-order valence-electron chi connectivity index (χ2n) is 5.67. The summed E-state index contributed by atoms with van der Waals surface area (Å²) in [5, 5.41) is 22.2. The fraction of sp³-hybridized carbons (Fsp3) is 1.00. The minimum absolute atomic E-state index is 0.125. The van der Waals surface area contributed by atoms with Crippen molar-refractivity contribution in [3.05, 3.63) is 0 Å². The van der Waals surface area contributed by atoms with Gasteiger partial charge in [0.25, 0.3) is 0 Å². The summed E-state index contributed by atoms with van der Waals surface area (Å²) in [5.41, 5.74) is -0.210. The lowest BCUT2D eigenvalue weighted by atomic mass is 10.2. The van der Waals surface area contributed by atoms with Crippen molar-refractivity contribution < 1.29 is 14.9 Å². The van der Waals surface area contributed by atoms with Crippen LogP contribution < -0.4 is 5.32 Å². The Balaban J connectivity index is 2.23. The van der Waals surface area contributed by atoms with Crippen LogP contribution in [0.4, 0.5) is 0 Å². The zero-order chi connectivity index (χ0) is 12.9. The van der Waals surface area contributed by atoms with Crippen molar-refractivity contribution in [3.8, 4) is 0 Å². The van der Waals surface area contributed by atoms with Crippen molar-refractivity contribution >= 4 is 0 Å². The van der Waals surface area contributed by atoms with Crippen molar-refractivity contribution in [1.82, 2.24) is 10.2 Å². The number of ether oxygens (including phenoxy) is 1. The van der Waals surface area contributed by atoms with Crippen LogP contribution >= 0.6 is 0 Å². The maximum Gasteiger partial charge on any atom is 0.0900 e. The lowest BCUT2D eigenvalue weighted by Gasteiger charge is -2.34. The summed E-state index contributed by atoms with van der Waals surface area (Å²) >= 11 is 0. The molecule has 1 aliphatic rings. The van der Waals surface area contributed by atoms with E-state index in [1.807, 2.05) is 20.8 Å². The second kappa shape index (κ2) is 6.66. The summed E-state index contributed by atoms with van der Waals surface area (Å²) in [6.45, 7) is 9.59. The standard InChI is InChI=1S/C12H26N2O3/c1-12(2,3)17-9-11(16)7-14-5-4-13-10(6-14)8-15/h10-11,13,15-16H,4-9H2,1-3H3/t10-,11?/m0/s1. The molecule has 3 N–H and O–H groups in total. The first-order valence-corrected chi connectivity index (χ1v) is 6.29. The summed E-state index contributed by atoms with van der Waals surface area (Å²) < 4.78 is 5.54. The van der Waals surface area contributed by atoms with Gasteiger partial charge in [-0.1, -0.05) is 0 Å². The fourth-order valence-corrected chi connectivity index (χ4v) is 1.88. The molecule has 1 rings (SSSR count). The zero-order valence-corrected chi connectivity index (χ0v) is 11.1. The van der Waals surface area contributed by atoms with Gasteiger partial charge in [0.05, 0.1) is 24.9 Å². The molecule has 0 saturated carbocycles. The largest absolute Gasteiger partial charge is 0.395 e. The van der Waals surface area contributed by atoms with Crippen molar-refractivity contribution in [2.24, 2.45) is 0 Å². The molecule has 0 radical (unpaired) electrons. The highest BCUT2D eigenvalue weighted by molar-refractivity contribution is 4.79. The molecule has 0 aliphatic carbocycles. The molecule has 0 aromatic carbocycles. The molecule has 1 fully saturated rings. The van der Waals surface area contributed by atoms with E-state index in [2.05, 4.69) is 10.2 Å². The molecule has 5 nitrogen and oxygen atoms in total. The fourth-order valence-electron chi connectivity index (χ4n) is 1.88. The average molecular weight is 246 g/mol. The number of nitrogens with one attached hydrogen (secondary N) is 1. The van der Waals surface area contributed by atoms with Crippen LogP contribution in [0.15, 0.2) is 0 Å². The summed E-state index contributed by atoms with van der Waals surface area (Å²) in [6, 6.07) is 0.125. The van der Waals surface area contributed by atoms with Gasteiger partial charge in [0.2, 0.25) is 0 Å². The van der Waals surface area contributed by atoms with Gasteiger partial charge in [-0.3, -0.25) is 4.90 Å². The van der Waals surface area contributed by atoms with E-state index >= 15 is 0 Å². The van der Waals surface area contributed by atoms with Crippen LogP contribution in [0.5, 0.6) is 0 Å². The highest BCUT2D eigenvalue weighted by Gasteiger charge is 2.21. The summed E-state index contributed by atoms with van der Waals surface area (Å²) in [6.07, 6.45) is -0.466. The molecule has 0 amide bonds. The van der Waals surface area contributed by atoms with E-state index in [-0.39, 0.29) is 18.2 Å². The van der Waals surface area contributed by atoms with Gasteiger partial charge in [-0.05, 0) is 20.8 Å². The lowest BCUT2D eigenvalue weighted by Crippen LogP contribution is -2.54. The van der Waals surface area contributed by atoms with Crippen LogP contribution in [0, 0.1) is 0 Å². The van der Waals surface area contributed by atoms with Crippen molar-refractivity contribution in [3.63, 3.8) is 0 Å². The Hall–Kier alpha value is -0.200. The van der Waals surface area contributed by atoms with Crippen LogP contribution in [0.25, 0.3) is 0 Å². The van der Waals surface area contributed by atoms with Crippen LogP contribution in [-0.2, 0) is 4.74 Å². The summed E-state index contributed by atoms with van der Waals surface area (Å²) in [7, 11) is 0. The molecule has 0 aromatic heterocycles. The molecule has 1 aliphatic heterocycles. The average Bonchev–Trinajstić information content (AvgIpc) is 2.26. The lowest BCUT2D eigenvalue weighted by molar-refractivity contribution is -0.0579. The van der Waals surface area contributed by atoms with Crippen LogP contribution in [-0.4, -0.2) is 72.3 Å². The number of β-amino-alcohol motifs (C(OH)–C–C–N with tert-alkyl or cyclic N) is 1. The molecular weight excluding hydrogens is 220 g/mol. The minimum atomic E-state index is -0.466. The van der Waals surface area contributed by atoms with Gasteiger partial charge < -0.3 is 20.3 Å². The summed E-state index contributed by atoms with van der Waals surface area (Å²) in [4.78, 5) is 2.16. The highest BCUT2D eigenvalue weighted by Crippen LogP contribution is 2.08. The molecule has 5 heteroatoms. The first-order chi connectivity index (χ1) is 7.90. The number of piperazine rings is 1. The molecule has 1 heterocycles. The number of nitrogens with zero attached hydrogens (tertiary/aromatic N) is 1. The first kappa shape index (κ1) is 14.9. The molecule has 1 saturated heterocycles. The predicted octanol–water partition coefficient (Wildman–Crippen LogP) is -0.571. The SMILES string of the molecule is CC(C)(C)OCC(O)CN1CCN[C@H](CO)C1. The molecule has 17 heavy (non-hydrogen) atoms. The Bertz CT molecular complexity index is 218. The third kappa shape index (κ3) is 6.33. The van der Waals surface area contributed by atoms with Gasteiger partial charge in [-0.2, -0.15) is 0 Å². The molecule has 0 aromatic rings. The molecule has 2 atom stereocenters. The normalized spacial score (nSPS) is 24.9. The van der Waals surface area contributed by atoms with Gasteiger partial charge >= 0.3 is 0 Å². The van der Waals surface area contributed by atoms with E-state index in [1.165, 1.54) is 0 Å². The maximum atomic E-state index is 9.87. The Morgan fingerprint density at radius 1 is 1.47 bits per heavy atom. The van der Waals surface area contributed by atoms with Crippen LogP contribution in [0.1, 0.15) is 20.8 Å². The number of aliphatic hydroxyl groups is 2. The summed E-state index contributed by atoms with van der Waals surface area (Å²) in [5.74, 6) is 0. The van der Waals surface area contributed by atoms with Crippen LogP contribution in [0.2, 0.25) is 0 Å². The maximum absolute atomic E-state index is 9.87. The third-order valence-corrected chi connectivity index (χ3v) is 2.74. The van der Waals surface area contributed by atoms with Crippen molar-refractivity contribution in [2.75, 3.05) is 39.4 Å². The van der Waals surface area contributed by atoms with Gasteiger partial charge in [0.1, 0.15) is 0 Å². The Kier molecular flexibility index (Phi) is 5.82. The second-order valence-corrected chi connectivity index (χ2v) is 5.67. The van der Waals surface area contributed by atoms with E-state index in [4.69, 9.17) is 9.84 Å². The highest BCUT2D eigenvalue weighted by atomic mass is 16.5. The van der Waals surface area contributed by atoms with E-state index in [0.717, 1.165) is 19.6 Å². The van der Waals surface area contributed by atoms with Gasteiger partial charge in [-0.25, -0.2) is 0 Å². The topological polar surface area (TPSA) is 65.0 Å². The number of aliphatic hydroxyl groups excluding tert-OH is 2. The Morgan fingerprint density at radius 2 is 2.18 bits per heavy atom. The smallest absolute Gasteiger partial charge is 0.0900 e. The van der Waals surface area contributed by atoms with Gasteiger partial charge in [-0.15, -0.1) is 0 Å². The van der Waals surface area contributed by atoms with Gasteiger partial charge in [0.15, 0.2) is 0 Å². The van der Waals surface area contributed by atoms with E-state index in [1.54, 1.807) is 0 Å². The number of hydrogen-bond donors (Lipinski definition) is 3. The predicted molar refractivity (Wildman–Crippen MR) is 67.0 cm³/mol. The molecule has 0 bridgehead atoms. The van der Waals surface area contributed by atoms with Gasteiger partial charge in [0, 0.05) is 32.2 Å². The Labute approximate surface area is 104 Å². The quantitative estimate of drug-likeness (QED) is 0.606. The molecular formula is C12H26N2O3. The number of hydrogen-bond acceptors (Lipinski definition) is 5. The monoisotopic (exact) mass is 246 g/mol. The minimum Gasteiger partial charge on any atom is -0.395 e. The van der Waals surface area contributed by atoms with E-state index < -0.39 is 6.10 Å². The van der Waals surface area contributed by atoms with Crippen molar-refractivity contribution in [2.45, 2.75) is 38.5 Å². The third-order valence-electron chi connectivity index (χ3n) is 2.74.